The molecule has 5 heteroatoms. The summed E-state index contributed by atoms with van der Waals surface area (Å²) in [5.41, 5.74) is 0. The van der Waals surface area contributed by atoms with Crippen molar-refractivity contribution >= 4 is 27.9 Å². The average molecular weight is 281 g/mol. The Labute approximate surface area is 98.4 Å². The molecule has 0 amide bonds. The van der Waals surface area contributed by atoms with Crippen molar-refractivity contribution in [1.29, 1.82) is 0 Å². The highest BCUT2D eigenvalue weighted by Crippen LogP contribution is 2.12. The molecule has 0 fully saturated rings. The first kappa shape index (κ1) is 14.4. The summed E-state index contributed by atoms with van der Waals surface area (Å²) in [7, 11) is 0. The van der Waals surface area contributed by atoms with Crippen molar-refractivity contribution in [2.75, 3.05) is 6.61 Å². The van der Waals surface area contributed by atoms with Crippen molar-refractivity contribution in [2.24, 2.45) is 5.92 Å². The summed E-state index contributed by atoms with van der Waals surface area (Å²) in [6.07, 6.45) is -0.822. The highest BCUT2D eigenvalue weighted by Gasteiger charge is 2.28. The van der Waals surface area contributed by atoms with Gasteiger partial charge in [0, 0.05) is 5.92 Å². The second-order valence-electron chi connectivity index (χ2n) is 3.47. The number of carbonyl (C=O) groups excluding carboxylic acids is 2. The predicted molar refractivity (Wildman–Crippen MR) is 59.7 cm³/mol. The van der Waals surface area contributed by atoms with Crippen LogP contribution in [0.15, 0.2) is 0 Å². The van der Waals surface area contributed by atoms with Crippen LogP contribution in [0.25, 0.3) is 0 Å². The van der Waals surface area contributed by atoms with Crippen LogP contribution >= 0.6 is 15.9 Å². The molecule has 0 aromatic heterocycles. The number of hydrogen-bond acceptors (Lipinski definition) is 4. The highest BCUT2D eigenvalue weighted by molar-refractivity contribution is 9.10. The lowest BCUT2D eigenvalue weighted by atomic mass is 10.1. The van der Waals surface area contributed by atoms with E-state index in [1.807, 2.05) is 0 Å². The van der Waals surface area contributed by atoms with E-state index in [0.29, 0.717) is 0 Å². The summed E-state index contributed by atoms with van der Waals surface area (Å²) in [4.78, 5) is 22.3. The smallest absolute Gasteiger partial charge is 0.347 e. The minimum atomic E-state index is -0.822. The largest absolute Gasteiger partial charge is 0.463 e. The molecule has 0 aliphatic rings. The minimum Gasteiger partial charge on any atom is -0.463 e. The lowest BCUT2D eigenvalue weighted by Gasteiger charge is -2.20. The molecule has 0 saturated heterocycles. The quantitative estimate of drug-likeness (QED) is 0.570. The summed E-state index contributed by atoms with van der Waals surface area (Å²) in [5, 5.41) is 0. The summed E-state index contributed by atoms with van der Waals surface area (Å²) >= 11 is 3.08. The molecule has 0 aromatic rings. The Kier molecular flexibility index (Phi) is 6.56. The van der Waals surface area contributed by atoms with Gasteiger partial charge in [-0.3, -0.25) is 4.79 Å². The van der Waals surface area contributed by atoms with E-state index in [4.69, 9.17) is 9.47 Å². The Morgan fingerprint density at radius 3 is 2.07 bits per heavy atom. The third-order valence-corrected chi connectivity index (χ3v) is 2.07. The van der Waals surface area contributed by atoms with Gasteiger partial charge in [-0.1, -0.05) is 29.8 Å². The Morgan fingerprint density at radius 2 is 1.73 bits per heavy atom. The van der Waals surface area contributed by atoms with Gasteiger partial charge in [-0.15, -0.1) is 0 Å². The monoisotopic (exact) mass is 280 g/mol. The summed E-state index contributed by atoms with van der Waals surface area (Å²) in [6, 6.07) is 0. The fraction of sp³-hybridized carbons (Fsp3) is 0.800. The molecule has 15 heavy (non-hydrogen) atoms. The molecule has 0 aromatic carbocycles. The van der Waals surface area contributed by atoms with Gasteiger partial charge in [-0.2, -0.15) is 0 Å². The summed E-state index contributed by atoms with van der Waals surface area (Å²) in [6.45, 7) is 7.24. The fourth-order valence-electron chi connectivity index (χ4n) is 0.900. The van der Waals surface area contributed by atoms with Crippen molar-refractivity contribution in [3.05, 3.63) is 0 Å². The Morgan fingerprint density at radius 1 is 1.20 bits per heavy atom. The third kappa shape index (κ3) is 5.16. The zero-order valence-corrected chi connectivity index (χ0v) is 11.0. The maximum Gasteiger partial charge on any atom is 0.347 e. The van der Waals surface area contributed by atoms with Crippen molar-refractivity contribution in [1.82, 2.24) is 0 Å². The first-order valence-electron chi connectivity index (χ1n) is 4.91. The van der Waals surface area contributed by atoms with Crippen LogP contribution in [0, 0.1) is 5.92 Å². The number of alkyl halides is 1. The normalized spacial score (nSPS) is 14.5. The number of carbonyl (C=O) groups is 2. The van der Waals surface area contributed by atoms with Crippen LogP contribution in [0.2, 0.25) is 0 Å². The SMILES string of the molecule is CCOC(=O)C(OC(=O)C(C)Br)C(C)C. The Hall–Kier alpha value is -0.580. The molecule has 0 aliphatic heterocycles. The second kappa shape index (κ2) is 6.82. The van der Waals surface area contributed by atoms with Gasteiger partial charge in [0.05, 0.1) is 6.61 Å². The van der Waals surface area contributed by atoms with E-state index < -0.39 is 22.9 Å². The molecule has 4 nitrogen and oxygen atoms in total. The molecular formula is C10H17BrO4. The summed E-state index contributed by atoms with van der Waals surface area (Å²) in [5.74, 6) is -1.05. The van der Waals surface area contributed by atoms with Crippen molar-refractivity contribution in [3.8, 4) is 0 Å². The predicted octanol–water partition coefficient (Wildman–Crippen LogP) is 1.90. The molecular weight excluding hydrogens is 264 g/mol. The maximum absolute atomic E-state index is 11.4. The van der Waals surface area contributed by atoms with Crippen molar-refractivity contribution in [3.63, 3.8) is 0 Å². The van der Waals surface area contributed by atoms with Crippen LogP contribution in [-0.4, -0.2) is 29.5 Å². The zero-order chi connectivity index (χ0) is 12.0. The molecule has 0 heterocycles. The molecule has 2 atom stereocenters. The van der Waals surface area contributed by atoms with Crippen LogP contribution in [-0.2, 0) is 19.1 Å². The van der Waals surface area contributed by atoms with E-state index in [1.54, 1.807) is 27.7 Å². The Balaban J connectivity index is 4.41. The van der Waals surface area contributed by atoms with E-state index in [2.05, 4.69) is 15.9 Å². The standard InChI is InChI=1S/C10H17BrO4/c1-5-14-10(13)8(6(2)3)15-9(12)7(4)11/h6-8H,5H2,1-4H3. The molecule has 0 bridgehead atoms. The van der Waals surface area contributed by atoms with Gasteiger partial charge in [-0.25, -0.2) is 4.79 Å². The van der Waals surface area contributed by atoms with E-state index in [-0.39, 0.29) is 12.5 Å². The topological polar surface area (TPSA) is 52.6 Å². The zero-order valence-electron chi connectivity index (χ0n) is 9.45. The molecule has 0 saturated carbocycles. The van der Waals surface area contributed by atoms with Gasteiger partial charge in [0.2, 0.25) is 6.10 Å². The van der Waals surface area contributed by atoms with Gasteiger partial charge in [0.15, 0.2) is 0 Å². The van der Waals surface area contributed by atoms with Gasteiger partial charge in [0.25, 0.3) is 0 Å². The van der Waals surface area contributed by atoms with Crippen molar-refractivity contribution in [2.45, 2.75) is 38.6 Å². The van der Waals surface area contributed by atoms with Gasteiger partial charge in [-0.05, 0) is 13.8 Å². The van der Waals surface area contributed by atoms with E-state index in [1.165, 1.54) is 0 Å². The van der Waals surface area contributed by atoms with Gasteiger partial charge >= 0.3 is 11.9 Å². The average Bonchev–Trinajstić information content (AvgIpc) is 2.13. The van der Waals surface area contributed by atoms with Gasteiger partial charge < -0.3 is 9.47 Å². The van der Waals surface area contributed by atoms with E-state index >= 15 is 0 Å². The lowest BCUT2D eigenvalue weighted by molar-refractivity contribution is -0.170. The Bertz CT molecular complexity index is 225. The van der Waals surface area contributed by atoms with Crippen LogP contribution in [0.5, 0.6) is 0 Å². The number of halogens is 1. The van der Waals surface area contributed by atoms with Gasteiger partial charge in [0.1, 0.15) is 4.83 Å². The summed E-state index contributed by atoms with van der Waals surface area (Å²) < 4.78 is 9.84. The van der Waals surface area contributed by atoms with E-state index in [9.17, 15) is 9.59 Å². The molecule has 0 radical (unpaired) electrons. The maximum atomic E-state index is 11.4. The molecule has 0 N–H and O–H groups in total. The van der Waals surface area contributed by atoms with Crippen molar-refractivity contribution < 1.29 is 19.1 Å². The lowest BCUT2D eigenvalue weighted by Crippen LogP contribution is -2.35. The molecule has 0 aliphatic carbocycles. The molecule has 0 spiro atoms. The number of rotatable bonds is 5. The molecule has 0 rings (SSSR count). The first-order chi connectivity index (χ1) is 6.90. The van der Waals surface area contributed by atoms with Crippen LogP contribution in [0.1, 0.15) is 27.7 Å². The highest BCUT2D eigenvalue weighted by atomic mass is 79.9. The van der Waals surface area contributed by atoms with Crippen LogP contribution in [0.3, 0.4) is 0 Å². The molecule has 2 unspecified atom stereocenters. The van der Waals surface area contributed by atoms with E-state index in [0.717, 1.165) is 0 Å². The number of hydrogen-bond donors (Lipinski definition) is 0. The second-order valence-corrected chi connectivity index (χ2v) is 4.84. The molecule has 88 valence electrons. The van der Waals surface area contributed by atoms with Crippen LogP contribution < -0.4 is 0 Å². The fourth-order valence-corrected chi connectivity index (χ4v) is 1.01. The van der Waals surface area contributed by atoms with Crippen LogP contribution in [0.4, 0.5) is 0 Å². The third-order valence-electron chi connectivity index (χ3n) is 1.69. The minimum absolute atomic E-state index is 0.0979. The first-order valence-corrected chi connectivity index (χ1v) is 5.82. The number of ether oxygens (including phenoxy) is 2. The number of esters is 2.